The maximum atomic E-state index is 12.7. The predicted octanol–water partition coefficient (Wildman–Crippen LogP) is 3.71. The summed E-state index contributed by atoms with van der Waals surface area (Å²) >= 11 is 3.43. The fourth-order valence-electron chi connectivity index (χ4n) is 3.62. The smallest absolute Gasteiger partial charge is 0.261 e. The molecule has 0 fully saturated rings. The normalized spacial score (nSPS) is 12.3. The van der Waals surface area contributed by atoms with E-state index in [0.717, 1.165) is 15.4 Å². The van der Waals surface area contributed by atoms with Crippen molar-refractivity contribution >= 4 is 43.6 Å². The molecule has 5 N–H and O–H groups in total. The molecule has 1 atom stereocenters. The average molecular weight is 495 g/mol. The monoisotopic (exact) mass is 494 g/mol. The highest BCUT2D eigenvalue weighted by atomic mass is 79.9. The van der Waals surface area contributed by atoms with Gasteiger partial charge in [-0.05, 0) is 51.8 Å². The van der Waals surface area contributed by atoms with Crippen molar-refractivity contribution in [3.8, 4) is 17.1 Å². The van der Waals surface area contributed by atoms with Gasteiger partial charge in [0.1, 0.15) is 11.3 Å². The lowest BCUT2D eigenvalue weighted by molar-refractivity contribution is 0.191. The number of imidazole rings is 1. The van der Waals surface area contributed by atoms with Crippen molar-refractivity contribution in [2.75, 3.05) is 19.0 Å². The lowest BCUT2D eigenvalue weighted by Gasteiger charge is -2.15. The summed E-state index contributed by atoms with van der Waals surface area (Å²) < 4.78 is 5.98. The molecule has 0 aliphatic heterocycles. The Kier molecular flexibility index (Phi) is 5.16. The van der Waals surface area contributed by atoms with Gasteiger partial charge in [0.15, 0.2) is 5.82 Å². The molecule has 0 bridgehead atoms. The van der Waals surface area contributed by atoms with Crippen LogP contribution in [0.25, 0.3) is 33.3 Å². The minimum absolute atomic E-state index is 0.189. The summed E-state index contributed by atoms with van der Waals surface area (Å²) in [6.45, 7) is 0.189. The topological polar surface area (TPSA) is 132 Å². The van der Waals surface area contributed by atoms with Crippen LogP contribution in [-0.4, -0.2) is 43.9 Å². The van der Waals surface area contributed by atoms with Crippen LogP contribution in [-0.2, 0) is 0 Å². The molecule has 0 unspecified atom stereocenters. The van der Waals surface area contributed by atoms with Gasteiger partial charge < -0.3 is 30.3 Å². The number of hydrogen-bond acceptors (Lipinski definition) is 6. The van der Waals surface area contributed by atoms with E-state index in [0.29, 0.717) is 39.4 Å². The van der Waals surface area contributed by atoms with E-state index in [-0.39, 0.29) is 12.1 Å². The molecule has 0 aliphatic carbocycles. The number of nitrogens with one attached hydrogen (secondary N) is 4. The van der Waals surface area contributed by atoms with Crippen molar-refractivity contribution in [2.24, 2.45) is 0 Å². The second kappa shape index (κ2) is 8.13. The van der Waals surface area contributed by atoms with Crippen LogP contribution in [0.1, 0.15) is 11.7 Å². The van der Waals surface area contributed by atoms with Gasteiger partial charge in [0.2, 0.25) is 0 Å². The van der Waals surface area contributed by atoms with Crippen LogP contribution in [0.15, 0.2) is 58.1 Å². The van der Waals surface area contributed by atoms with Crippen LogP contribution in [0.3, 0.4) is 0 Å². The summed E-state index contributed by atoms with van der Waals surface area (Å²) in [6.07, 6.45) is 2.58. The number of aliphatic hydroxyl groups is 1. The molecule has 10 heteroatoms. The average Bonchev–Trinajstić information content (AvgIpc) is 3.41. The Morgan fingerprint density at radius 1 is 1.19 bits per heavy atom. The molecule has 0 saturated carbocycles. The third-order valence-corrected chi connectivity index (χ3v) is 5.88. The molecule has 0 radical (unpaired) electrons. The highest BCUT2D eigenvalue weighted by Gasteiger charge is 2.17. The maximum absolute atomic E-state index is 12.7. The zero-order chi connectivity index (χ0) is 22.2. The van der Waals surface area contributed by atoms with Crippen molar-refractivity contribution in [3.05, 3.63) is 69.2 Å². The maximum Gasteiger partial charge on any atom is 0.261 e. The van der Waals surface area contributed by atoms with Gasteiger partial charge >= 0.3 is 0 Å². The van der Waals surface area contributed by atoms with E-state index in [2.05, 4.69) is 46.4 Å². The Hall–Kier alpha value is -3.63. The van der Waals surface area contributed by atoms with E-state index < -0.39 is 6.10 Å². The highest BCUT2D eigenvalue weighted by molar-refractivity contribution is 9.10. The second-order valence-electron chi connectivity index (χ2n) is 7.28. The fourth-order valence-corrected chi connectivity index (χ4v) is 4.18. The number of anilines is 1. The van der Waals surface area contributed by atoms with Crippen molar-refractivity contribution in [3.63, 3.8) is 0 Å². The van der Waals surface area contributed by atoms with E-state index in [1.54, 1.807) is 37.6 Å². The number of ether oxygens (including phenoxy) is 1. The highest BCUT2D eigenvalue weighted by Crippen LogP contribution is 2.29. The summed E-state index contributed by atoms with van der Waals surface area (Å²) in [5.74, 6) is 1.00. The summed E-state index contributed by atoms with van der Waals surface area (Å²) in [4.78, 5) is 24.5. The molecule has 0 saturated heterocycles. The van der Waals surface area contributed by atoms with Gasteiger partial charge in [-0.25, -0.2) is 9.97 Å². The number of H-pyrrole nitrogens is 3. The molecule has 3 aromatic heterocycles. The van der Waals surface area contributed by atoms with Gasteiger partial charge in [0.05, 0.1) is 39.9 Å². The van der Waals surface area contributed by atoms with E-state index in [4.69, 9.17) is 4.74 Å². The van der Waals surface area contributed by atoms with Gasteiger partial charge in [-0.1, -0.05) is 6.07 Å². The minimum Gasteiger partial charge on any atom is -0.496 e. The molecule has 9 nitrogen and oxygen atoms in total. The number of aromatic amines is 3. The van der Waals surface area contributed by atoms with Crippen LogP contribution in [0.4, 0.5) is 5.69 Å². The Labute approximate surface area is 190 Å². The van der Waals surface area contributed by atoms with Crippen molar-refractivity contribution in [1.29, 1.82) is 0 Å². The first-order chi connectivity index (χ1) is 15.5. The lowest BCUT2D eigenvalue weighted by atomic mass is 10.1. The summed E-state index contributed by atoms with van der Waals surface area (Å²) in [6, 6.07) is 10.9. The standard InChI is InChI=1S/C22H19BrN6O3/c1-32-19-3-2-11(6-13(19)23)18(30)10-25-14-4-5-24-22(31)20(14)21-27-16-7-12-9-26-29-15(12)8-17(16)28-21/h2-9,18,26,29-30H,10H2,1H3,(H2,24,25,31)/t18-/m1/s1. The first kappa shape index (κ1) is 20.3. The lowest BCUT2D eigenvalue weighted by Crippen LogP contribution is -2.17. The molecule has 162 valence electrons. The van der Waals surface area contributed by atoms with E-state index in [1.165, 1.54) is 0 Å². The van der Waals surface area contributed by atoms with Crippen molar-refractivity contribution < 1.29 is 9.84 Å². The van der Waals surface area contributed by atoms with Crippen LogP contribution >= 0.6 is 15.9 Å². The fraction of sp³-hybridized carbons (Fsp3) is 0.136. The number of methoxy groups -OCH3 is 1. The number of hydrogen-bond donors (Lipinski definition) is 5. The van der Waals surface area contributed by atoms with E-state index >= 15 is 0 Å². The Bertz CT molecular complexity index is 1440. The summed E-state index contributed by atoms with van der Waals surface area (Å²) in [5, 5.41) is 20.8. The Morgan fingerprint density at radius 2 is 2.00 bits per heavy atom. The van der Waals surface area contributed by atoms with Crippen LogP contribution in [0.2, 0.25) is 0 Å². The number of aliphatic hydroxyl groups excluding tert-OH is 1. The van der Waals surface area contributed by atoms with Crippen LogP contribution in [0, 0.1) is 0 Å². The van der Waals surface area contributed by atoms with Gasteiger partial charge in [0, 0.05) is 24.3 Å². The molecule has 2 aromatic carbocycles. The first-order valence-corrected chi connectivity index (χ1v) is 10.6. The quantitative estimate of drug-likeness (QED) is 0.244. The Morgan fingerprint density at radius 3 is 2.78 bits per heavy atom. The Balaban J connectivity index is 1.45. The number of benzene rings is 2. The van der Waals surface area contributed by atoms with Crippen molar-refractivity contribution in [1.82, 2.24) is 25.1 Å². The van der Waals surface area contributed by atoms with Gasteiger partial charge in [-0.15, -0.1) is 0 Å². The largest absolute Gasteiger partial charge is 0.496 e. The van der Waals surface area contributed by atoms with Gasteiger partial charge in [-0.2, -0.15) is 0 Å². The van der Waals surface area contributed by atoms with E-state index in [9.17, 15) is 9.90 Å². The van der Waals surface area contributed by atoms with Gasteiger partial charge in [-0.3, -0.25) is 4.79 Å². The molecule has 0 spiro atoms. The molecular weight excluding hydrogens is 476 g/mol. The molecule has 0 amide bonds. The first-order valence-electron chi connectivity index (χ1n) is 9.84. The molecule has 0 aliphatic rings. The van der Waals surface area contributed by atoms with Gasteiger partial charge in [0.25, 0.3) is 5.56 Å². The number of rotatable bonds is 6. The second-order valence-corrected chi connectivity index (χ2v) is 8.13. The SMILES string of the molecule is COc1ccc([C@H](O)CNc2cc[nH]c(=O)c2-c2nc3cc4c[nH][nH]c4cc3n2)cc1Br. The molecule has 32 heavy (non-hydrogen) atoms. The number of fused-ring (bicyclic) bond motifs is 2. The number of aromatic nitrogens is 5. The number of nitrogens with zero attached hydrogens (tertiary/aromatic N) is 2. The van der Waals surface area contributed by atoms with Crippen molar-refractivity contribution in [2.45, 2.75) is 6.10 Å². The van der Waals surface area contributed by atoms with E-state index in [1.807, 2.05) is 18.3 Å². The summed E-state index contributed by atoms with van der Waals surface area (Å²) in [5.41, 5.74) is 3.53. The third-order valence-electron chi connectivity index (χ3n) is 5.26. The third kappa shape index (κ3) is 3.63. The van der Waals surface area contributed by atoms with Crippen LogP contribution in [0.5, 0.6) is 5.75 Å². The minimum atomic E-state index is -0.805. The molecule has 3 heterocycles. The zero-order valence-electron chi connectivity index (χ0n) is 16.9. The number of pyridine rings is 1. The zero-order valence-corrected chi connectivity index (χ0v) is 18.5. The number of halogens is 1. The molecule has 5 rings (SSSR count). The predicted molar refractivity (Wildman–Crippen MR) is 126 cm³/mol. The van der Waals surface area contributed by atoms with Crippen LogP contribution < -0.4 is 15.6 Å². The summed E-state index contributed by atoms with van der Waals surface area (Å²) in [7, 11) is 1.58. The molecular formula is C22H19BrN6O3. The molecule has 5 aromatic rings.